The molecule has 1 aliphatic rings. The van der Waals surface area contributed by atoms with Crippen molar-refractivity contribution in [3.63, 3.8) is 0 Å². The van der Waals surface area contributed by atoms with Crippen molar-refractivity contribution in [2.24, 2.45) is 0 Å². The first kappa shape index (κ1) is 12.3. The van der Waals surface area contributed by atoms with Crippen LogP contribution >= 0.6 is 0 Å². The van der Waals surface area contributed by atoms with E-state index in [9.17, 15) is 17.9 Å². The van der Waals surface area contributed by atoms with Crippen molar-refractivity contribution in [3.05, 3.63) is 29.6 Å². The van der Waals surface area contributed by atoms with Crippen LogP contribution in [0.1, 0.15) is 5.56 Å². The van der Waals surface area contributed by atoms with Crippen LogP contribution < -0.4 is 4.74 Å². The number of aliphatic hydroxyl groups is 1. The number of aryl methyl sites for hydroxylation is 1. The van der Waals surface area contributed by atoms with Gasteiger partial charge in [-0.15, -0.1) is 0 Å². The largest absolute Gasteiger partial charge is 0.487 e. The van der Waals surface area contributed by atoms with Crippen molar-refractivity contribution in [1.29, 1.82) is 0 Å². The summed E-state index contributed by atoms with van der Waals surface area (Å²) in [7, 11) is -3.23. The molecule has 0 aromatic heterocycles. The summed E-state index contributed by atoms with van der Waals surface area (Å²) in [6, 6.07) is 4.15. The van der Waals surface area contributed by atoms with Gasteiger partial charge in [0.1, 0.15) is 23.8 Å². The molecule has 4 nitrogen and oxygen atoms in total. The Kier molecular flexibility index (Phi) is 3.09. The van der Waals surface area contributed by atoms with Crippen LogP contribution in [0.15, 0.2) is 18.2 Å². The molecule has 0 aliphatic carbocycles. The maximum Gasteiger partial charge on any atom is 0.156 e. The van der Waals surface area contributed by atoms with Crippen molar-refractivity contribution in [1.82, 2.24) is 0 Å². The van der Waals surface area contributed by atoms with E-state index in [0.717, 1.165) is 0 Å². The molecule has 0 radical (unpaired) electrons. The number of hydrogen-bond acceptors (Lipinski definition) is 4. The van der Waals surface area contributed by atoms with Crippen molar-refractivity contribution in [2.75, 3.05) is 11.5 Å². The first-order chi connectivity index (χ1) is 7.87. The predicted molar refractivity (Wildman–Crippen MR) is 60.2 cm³/mol. The lowest BCUT2D eigenvalue weighted by Crippen LogP contribution is -2.29. The highest BCUT2D eigenvalue weighted by Crippen LogP contribution is 2.22. The molecule has 0 saturated carbocycles. The Morgan fingerprint density at radius 1 is 1.41 bits per heavy atom. The summed E-state index contributed by atoms with van der Waals surface area (Å²) < 4.78 is 40.9. The van der Waals surface area contributed by atoms with Crippen LogP contribution in [-0.4, -0.2) is 37.2 Å². The van der Waals surface area contributed by atoms with E-state index < -0.39 is 22.0 Å². The lowest BCUT2D eigenvalue weighted by molar-refractivity contribution is 0.0737. The molecule has 2 rings (SSSR count). The minimum atomic E-state index is -3.23. The second-order valence-corrected chi connectivity index (χ2v) is 6.37. The molecule has 2 unspecified atom stereocenters. The minimum Gasteiger partial charge on any atom is -0.487 e. The number of ether oxygens (including phenoxy) is 1. The molecular weight excluding hydrogens is 247 g/mol. The molecular formula is C11H13FO4S. The van der Waals surface area contributed by atoms with Crippen molar-refractivity contribution in [3.8, 4) is 5.75 Å². The SMILES string of the molecule is Cc1cc(OC2CS(=O)(=O)CC2O)ccc1F. The fourth-order valence-corrected chi connectivity index (χ4v) is 3.44. The Balaban J connectivity index is 2.14. The Labute approximate surface area is 98.9 Å². The summed E-state index contributed by atoms with van der Waals surface area (Å²) in [5.74, 6) is -0.468. The molecule has 0 spiro atoms. The zero-order valence-electron chi connectivity index (χ0n) is 9.26. The number of sulfone groups is 1. The topological polar surface area (TPSA) is 63.6 Å². The van der Waals surface area contributed by atoms with Crippen LogP contribution in [0.4, 0.5) is 4.39 Å². The van der Waals surface area contributed by atoms with Gasteiger partial charge < -0.3 is 9.84 Å². The van der Waals surface area contributed by atoms with E-state index in [1.165, 1.54) is 18.2 Å². The van der Waals surface area contributed by atoms with E-state index >= 15 is 0 Å². The highest BCUT2D eigenvalue weighted by Gasteiger charge is 2.38. The van der Waals surface area contributed by atoms with Crippen molar-refractivity contribution in [2.45, 2.75) is 19.1 Å². The minimum absolute atomic E-state index is 0.204. The first-order valence-corrected chi connectivity index (χ1v) is 7.01. The van der Waals surface area contributed by atoms with Gasteiger partial charge in [0.2, 0.25) is 0 Å². The summed E-state index contributed by atoms with van der Waals surface area (Å²) >= 11 is 0. The van der Waals surface area contributed by atoms with Gasteiger partial charge in [-0.05, 0) is 30.7 Å². The average molecular weight is 260 g/mol. The third-order valence-electron chi connectivity index (χ3n) is 2.69. The van der Waals surface area contributed by atoms with Crippen LogP contribution in [-0.2, 0) is 9.84 Å². The van der Waals surface area contributed by atoms with Crippen LogP contribution in [0, 0.1) is 12.7 Å². The number of aliphatic hydroxyl groups excluding tert-OH is 1. The number of halogens is 1. The normalized spacial score (nSPS) is 27.0. The Bertz CT molecular complexity index is 526. The predicted octanol–water partition coefficient (Wildman–Crippen LogP) is 0.671. The Hall–Kier alpha value is -1.14. The molecule has 1 heterocycles. The van der Waals surface area contributed by atoms with Gasteiger partial charge in [-0.2, -0.15) is 0 Å². The fourth-order valence-electron chi connectivity index (χ4n) is 1.77. The third-order valence-corrected chi connectivity index (χ3v) is 4.37. The molecule has 1 aromatic carbocycles. The second kappa shape index (κ2) is 4.27. The molecule has 1 fully saturated rings. The van der Waals surface area contributed by atoms with Crippen LogP contribution in [0.25, 0.3) is 0 Å². The molecule has 1 N–H and O–H groups in total. The molecule has 0 amide bonds. The van der Waals surface area contributed by atoms with Gasteiger partial charge in [0.05, 0.1) is 11.5 Å². The van der Waals surface area contributed by atoms with E-state index in [0.29, 0.717) is 11.3 Å². The van der Waals surface area contributed by atoms with Gasteiger partial charge in [0, 0.05) is 0 Å². The number of benzene rings is 1. The Morgan fingerprint density at radius 3 is 2.65 bits per heavy atom. The number of rotatable bonds is 2. The van der Waals surface area contributed by atoms with Gasteiger partial charge in [-0.1, -0.05) is 0 Å². The first-order valence-electron chi connectivity index (χ1n) is 5.19. The van der Waals surface area contributed by atoms with Crippen LogP contribution in [0.3, 0.4) is 0 Å². The number of hydrogen-bond donors (Lipinski definition) is 1. The summed E-state index contributed by atoms with van der Waals surface area (Å²) in [5, 5.41) is 9.53. The monoisotopic (exact) mass is 260 g/mol. The maximum absolute atomic E-state index is 13.0. The highest BCUT2D eigenvalue weighted by molar-refractivity contribution is 7.91. The standard InChI is InChI=1S/C11H13FO4S/c1-7-4-8(2-3-9(7)12)16-11-6-17(14,15)5-10(11)13/h2-4,10-11,13H,5-6H2,1H3. The summed E-state index contributed by atoms with van der Waals surface area (Å²) in [6.07, 6.45) is -1.80. The zero-order valence-corrected chi connectivity index (χ0v) is 10.1. The second-order valence-electron chi connectivity index (χ2n) is 4.21. The van der Waals surface area contributed by atoms with Gasteiger partial charge in [-0.25, -0.2) is 12.8 Å². The van der Waals surface area contributed by atoms with E-state index in [2.05, 4.69) is 0 Å². The van der Waals surface area contributed by atoms with Crippen molar-refractivity contribution < 1.29 is 22.7 Å². The molecule has 94 valence electrons. The maximum atomic E-state index is 13.0. The molecule has 1 aromatic rings. The van der Waals surface area contributed by atoms with Crippen molar-refractivity contribution >= 4 is 9.84 Å². The third kappa shape index (κ3) is 2.76. The van der Waals surface area contributed by atoms with E-state index in [4.69, 9.17) is 4.74 Å². The molecule has 6 heteroatoms. The Morgan fingerprint density at radius 2 is 2.12 bits per heavy atom. The van der Waals surface area contributed by atoms with E-state index in [-0.39, 0.29) is 17.3 Å². The van der Waals surface area contributed by atoms with E-state index in [1.807, 2.05) is 0 Å². The summed E-state index contributed by atoms with van der Waals surface area (Å²) in [6.45, 7) is 1.59. The van der Waals surface area contributed by atoms with Gasteiger partial charge in [0.15, 0.2) is 9.84 Å². The summed E-state index contributed by atoms with van der Waals surface area (Å²) in [5.41, 5.74) is 0.415. The lowest BCUT2D eigenvalue weighted by atomic mass is 10.2. The quantitative estimate of drug-likeness (QED) is 0.849. The van der Waals surface area contributed by atoms with Gasteiger partial charge in [-0.3, -0.25) is 0 Å². The fraction of sp³-hybridized carbons (Fsp3) is 0.455. The molecule has 1 saturated heterocycles. The molecule has 0 bridgehead atoms. The molecule has 2 atom stereocenters. The summed E-state index contributed by atoms with van der Waals surface area (Å²) in [4.78, 5) is 0. The zero-order chi connectivity index (χ0) is 12.6. The highest BCUT2D eigenvalue weighted by atomic mass is 32.2. The van der Waals surface area contributed by atoms with Gasteiger partial charge >= 0.3 is 0 Å². The van der Waals surface area contributed by atoms with Crippen LogP contribution in [0.5, 0.6) is 5.75 Å². The average Bonchev–Trinajstić information content (AvgIpc) is 2.46. The van der Waals surface area contributed by atoms with Crippen LogP contribution in [0.2, 0.25) is 0 Å². The lowest BCUT2D eigenvalue weighted by Gasteiger charge is -2.16. The van der Waals surface area contributed by atoms with E-state index in [1.54, 1.807) is 6.92 Å². The smallest absolute Gasteiger partial charge is 0.156 e. The molecule has 17 heavy (non-hydrogen) atoms. The van der Waals surface area contributed by atoms with Gasteiger partial charge in [0.25, 0.3) is 0 Å². The molecule has 1 aliphatic heterocycles.